The molecular weight excluding hydrogens is 400 g/mol. The standard InChI is InChI=1S/C27H40N2O3/c1-7-15(2)24(31)29-21-11-12-25(4)18-10-13-26(5)20(17(18)8-9-19(25)23(21)30)14-22-27(26,32-22)16(3)28-6/h7,11,16-20,22,28H,8-10,12-14H2,1-6H3,(H,29,31)/b15-7+/t16-,17+,18-,19-,20-,22+,25+,26-,27+/m0/s1. The normalized spacial score (nSPS) is 48.1. The average molecular weight is 441 g/mol. The van der Waals surface area contributed by atoms with Crippen LogP contribution in [0.2, 0.25) is 0 Å². The number of ketones is 1. The van der Waals surface area contributed by atoms with Gasteiger partial charge in [0, 0.05) is 22.9 Å². The van der Waals surface area contributed by atoms with Crippen molar-refractivity contribution in [3.8, 4) is 0 Å². The third-order valence-corrected chi connectivity index (χ3v) is 10.8. The molecule has 4 aliphatic carbocycles. The number of hydrogen-bond acceptors (Lipinski definition) is 4. The van der Waals surface area contributed by atoms with Gasteiger partial charge in [-0.15, -0.1) is 0 Å². The van der Waals surface area contributed by atoms with Crippen molar-refractivity contribution in [3.05, 3.63) is 23.4 Å². The number of ether oxygens (including phenoxy) is 1. The van der Waals surface area contributed by atoms with Crippen molar-refractivity contribution >= 4 is 11.7 Å². The number of likely N-dealkylation sites (N-methyl/N-ethyl adjacent to an activating group) is 1. The summed E-state index contributed by atoms with van der Waals surface area (Å²) < 4.78 is 6.40. The predicted molar refractivity (Wildman–Crippen MR) is 125 cm³/mol. The lowest BCUT2D eigenvalue weighted by atomic mass is 9.44. The summed E-state index contributed by atoms with van der Waals surface area (Å²) in [6, 6.07) is 0.372. The molecule has 3 saturated carbocycles. The first-order valence-corrected chi connectivity index (χ1v) is 12.7. The van der Waals surface area contributed by atoms with Crippen LogP contribution in [0.5, 0.6) is 0 Å². The van der Waals surface area contributed by atoms with E-state index in [0.717, 1.165) is 19.3 Å². The van der Waals surface area contributed by atoms with Crippen molar-refractivity contribution in [1.82, 2.24) is 10.6 Å². The third kappa shape index (κ3) is 2.70. The van der Waals surface area contributed by atoms with E-state index in [9.17, 15) is 9.59 Å². The van der Waals surface area contributed by atoms with E-state index in [0.29, 0.717) is 41.2 Å². The number of carbonyl (C=O) groups excluding carboxylic acids is 2. The zero-order valence-corrected chi connectivity index (χ0v) is 20.6. The van der Waals surface area contributed by atoms with E-state index in [1.165, 1.54) is 19.3 Å². The summed E-state index contributed by atoms with van der Waals surface area (Å²) in [6.07, 6.45) is 10.7. The number of hydrogen-bond donors (Lipinski definition) is 2. The molecule has 9 atom stereocenters. The number of Topliss-reactive ketones (excluding diaryl/α,β-unsaturated/α-hetero) is 1. The van der Waals surface area contributed by atoms with Crippen LogP contribution in [0.3, 0.4) is 0 Å². The zero-order valence-electron chi connectivity index (χ0n) is 20.6. The highest BCUT2D eigenvalue weighted by atomic mass is 16.6. The maximum absolute atomic E-state index is 13.5. The molecule has 5 nitrogen and oxygen atoms in total. The van der Waals surface area contributed by atoms with E-state index >= 15 is 0 Å². The van der Waals surface area contributed by atoms with Crippen molar-refractivity contribution < 1.29 is 14.3 Å². The van der Waals surface area contributed by atoms with Crippen LogP contribution in [0, 0.1) is 34.5 Å². The molecule has 1 heterocycles. The largest absolute Gasteiger partial charge is 0.364 e. The van der Waals surface area contributed by atoms with Crippen LogP contribution in [0.25, 0.3) is 0 Å². The molecule has 32 heavy (non-hydrogen) atoms. The van der Waals surface area contributed by atoms with E-state index in [4.69, 9.17) is 4.74 Å². The Morgan fingerprint density at radius 2 is 2.00 bits per heavy atom. The Morgan fingerprint density at radius 3 is 2.69 bits per heavy atom. The first kappa shape index (κ1) is 22.3. The van der Waals surface area contributed by atoms with Crippen LogP contribution >= 0.6 is 0 Å². The highest BCUT2D eigenvalue weighted by Gasteiger charge is 2.78. The fraction of sp³-hybridized carbons (Fsp3) is 0.778. The number of rotatable bonds is 4. The number of fused-ring (bicyclic) bond motifs is 7. The number of carbonyl (C=O) groups is 2. The number of allylic oxidation sites excluding steroid dienone is 3. The van der Waals surface area contributed by atoms with Gasteiger partial charge in [-0.3, -0.25) is 9.59 Å². The van der Waals surface area contributed by atoms with Gasteiger partial charge in [0.15, 0.2) is 5.78 Å². The Labute approximate surface area is 192 Å². The minimum absolute atomic E-state index is 0.000463. The Kier molecular flexibility index (Phi) is 5.07. The summed E-state index contributed by atoms with van der Waals surface area (Å²) in [7, 11) is 2.06. The second-order valence-corrected chi connectivity index (χ2v) is 11.7. The zero-order chi connectivity index (χ0) is 23.1. The summed E-state index contributed by atoms with van der Waals surface area (Å²) in [5, 5.41) is 6.40. The summed E-state index contributed by atoms with van der Waals surface area (Å²) in [5.41, 5.74) is 1.39. The summed E-state index contributed by atoms with van der Waals surface area (Å²) in [6.45, 7) is 10.8. The number of nitrogens with one attached hydrogen (secondary N) is 2. The lowest BCUT2D eigenvalue weighted by Gasteiger charge is -2.60. The van der Waals surface area contributed by atoms with Crippen LogP contribution in [0.15, 0.2) is 23.4 Å². The van der Waals surface area contributed by atoms with E-state index in [-0.39, 0.29) is 34.0 Å². The van der Waals surface area contributed by atoms with Gasteiger partial charge in [0.25, 0.3) is 5.91 Å². The molecular formula is C27H40N2O3. The first-order valence-electron chi connectivity index (χ1n) is 12.7. The molecule has 176 valence electrons. The molecule has 5 aliphatic rings. The summed E-state index contributed by atoms with van der Waals surface area (Å²) >= 11 is 0. The Balaban J connectivity index is 1.39. The van der Waals surface area contributed by atoms with Crippen LogP contribution in [0.4, 0.5) is 0 Å². The molecule has 0 unspecified atom stereocenters. The topological polar surface area (TPSA) is 70.7 Å². The van der Waals surface area contributed by atoms with Gasteiger partial charge < -0.3 is 15.4 Å². The van der Waals surface area contributed by atoms with Crippen molar-refractivity contribution in [2.45, 2.75) is 90.9 Å². The molecule has 0 aromatic heterocycles. The smallest absolute Gasteiger partial charge is 0.251 e. The maximum atomic E-state index is 13.5. The van der Waals surface area contributed by atoms with Gasteiger partial charge >= 0.3 is 0 Å². The van der Waals surface area contributed by atoms with Crippen molar-refractivity contribution in [3.63, 3.8) is 0 Å². The van der Waals surface area contributed by atoms with Crippen molar-refractivity contribution in [2.24, 2.45) is 34.5 Å². The van der Waals surface area contributed by atoms with Gasteiger partial charge in [-0.2, -0.15) is 0 Å². The van der Waals surface area contributed by atoms with E-state index in [2.05, 4.69) is 38.5 Å². The molecule has 0 radical (unpaired) electrons. The predicted octanol–water partition coefficient (Wildman–Crippen LogP) is 4.14. The lowest BCUT2D eigenvalue weighted by Crippen LogP contribution is -2.59. The Morgan fingerprint density at radius 1 is 1.25 bits per heavy atom. The van der Waals surface area contributed by atoms with Gasteiger partial charge in [-0.05, 0) is 89.5 Å². The van der Waals surface area contributed by atoms with E-state index in [1.807, 2.05) is 13.0 Å². The second-order valence-electron chi connectivity index (χ2n) is 11.7. The third-order valence-electron chi connectivity index (χ3n) is 10.8. The van der Waals surface area contributed by atoms with Crippen LogP contribution in [0.1, 0.15) is 73.1 Å². The SMILES string of the molecule is C/C=C(\C)C(=O)NC1=CC[C@@]2(C)[C@@H](CC[C@@H]3[C@@H]2CC[C@@]2(C)[C@H]3C[C@H]3O[C@]32[C@H](C)NC)C1=O. The maximum Gasteiger partial charge on any atom is 0.251 e. The van der Waals surface area contributed by atoms with E-state index in [1.54, 1.807) is 13.0 Å². The Bertz CT molecular complexity index is 909. The van der Waals surface area contributed by atoms with Crippen LogP contribution in [-0.4, -0.2) is 36.5 Å². The molecule has 2 N–H and O–H groups in total. The quantitative estimate of drug-likeness (QED) is 0.509. The lowest BCUT2D eigenvalue weighted by molar-refractivity contribution is -0.146. The van der Waals surface area contributed by atoms with Crippen molar-refractivity contribution in [1.29, 1.82) is 0 Å². The fourth-order valence-electron chi connectivity index (χ4n) is 8.74. The second kappa shape index (κ2) is 7.27. The summed E-state index contributed by atoms with van der Waals surface area (Å²) in [5.74, 6) is 1.96. The van der Waals surface area contributed by atoms with Crippen molar-refractivity contribution in [2.75, 3.05) is 7.05 Å². The molecule has 0 aromatic carbocycles. The van der Waals surface area contributed by atoms with Gasteiger partial charge in [0.1, 0.15) is 5.60 Å². The molecule has 1 amide bonds. The van der Waals surface area contributed by atoms with Gasteiger partial charge in [0.05, 0.1) is 11.8 Å². The molecule has 5 rings (SSSR count). The number of amides is 1. The molecule has 4 fully saturated rings. The Hall–Kier alpha value is -1.46. The molecule has 1 aliphatic heterocycles. The summed E-state index contributed by atoms with van der Waals surface area (Å²) in [4.78, 5) is 25.9. The molecule has 1 saturated heterocycles. The average Bonchev–Trinajstić information content (AvgIpc) is 3.46. The first-order chi connectivity index (χ1) is 15.1. The number of epoxide rings is 1. The highest BCUT2D eigenvalue weighted by Crippen LogP contribution is 2.74. The van der Waals surface area contributed by atoms with Crippen LogP contribution < -0.4 is 10.6 Å². The minimum Gasteiger partial charge on any atom is -0.364 e. The molecule has 0 aromatic rings. The van der Waals surface area contributed by atoms with Gasteiger partial charge in [-0.1, -0.05) is 26.0 Å². The highest BCUT2D eigenvalue weighted by molar-refractivity contribution is 6.04. The van der Waals surface area contributed by atoms with E-state index < -0.39 is 0 Å². The molecule has 5 heteroatoms. The molecule has 0 spiro atoms. The van der Waals surface area contributed by atoms with Gasteiger partial charge in [-0.25, -0.2) is 0 Å². The van der Waals surface area contributed by atoms with Gasteiger partial charge in [0.2, 0.25) is 0 Å². The molecule has 0 bridgehead atoms. The fourth-order valence-corrected chi connectivity index (χ4v) is 8.74. The monoisotopic (exact) mass is 440 g/mol. The van der Waals surface area contributed by atoms with Crippen LogP contribution in [-0.2, 0) is 14.3 Å². The minimum atomic E-state index is -0.160.